The van der Waals surface area contributed by atoms with Crippen molar-refractivity contribution in [2.75, 3.05) is 20.6 Å². The van der Waals surface area contributed by atoms with Gasteiger partial charge in [-0.1, -0.05) is 6.92 Å². The van der Waals surface area contributed by atoms with E-state index in [2.05, 4.69) is 4.90 Å². The second-order valence-corrected chi connectivity index (χ2v) is 4.35. The molecule has 1 rings (SSSR count). The molecule has 0 atom stereocenters. The predicted octanol–water partition coefficient (Wildman–Crippen LogP) is 1.39. The first-order chi connectivity index (χ1) is 8.06. The van der Waals surface area contributed by atoms with Crippen LogP contribution in [-0.4, -0.2) is 35.9 Å². The normalized spacial score (nSPS) is 10.8. The van der Waals surface area contributed by atoms with Gasteiger partial charge in [0.25, 0.3) is 5.56 Å². The van der Waals surface area contributed by atoms with Gasteiger partial charge in [0.15, 0.2) is 5.78 Å². The third-order valence-corrected chi connectivity index (χ3v) is 2.65. The Morgan fingerprint density at radius 2 is 2.12 bits per heavy atom. The molecular weight excluding hydrogens is 216 g/mol. The fourth-order valence-electron chi connectivity index (χ4n) is 1.67. The lowest BCUT2D eigenvalue weighted by molar-refractivity contribution is 0.0986. The number of Topliss-reactive ketones (excluding diaryl/α,β-unsaturated/α-hetero) is 1. The summed E-state index contributed by atoms with van der Waals surface area (Å²) in [7, 11) is 4.00. The number of hydrogen-bond acceptors (Lipinski definition) is 3. The van der Waals surface area contributed by atoms with E-state index < -0.39 is 0 Å². The van der Waals surface area contributed by atoms with E-state index in [1.54, 1.807) is 29.8 Å². The minimum atomic E-state index is -0.168. The molecule has 0 bridgehead atoms. The fraction of sp³-hybridized carbons (Fsp3) is 0.538. The van der Waals surface area contributed by atoms with Gasteiger partial charge in [-0.3, -0.25) is 9.59 Å². The number of rotatable bonds is 6. The molecule has 4 nitrogen and oxygen atoms in total. The van der Waals surface area contributed by atoms with Crippen molar-refractivity contribution in [3.63, 3.8) is 0 Å². The van der Waals surface area contributed by atoms with Gasteiger partial charge in [0, 0.05) is 19.2 Å². The topological polar surface area (TPSA) is 42.3 Å². The number of carbonyl (C=O) groups is 1. The number of aryl methyl sites for hydroxylation is 1. The molecule has 94 valence electrons. The van der Waals surface area contributed by atoms with Crippen LogP contribution in [0.15, 0.2) is 23.1 Å². The Labute approximate surface area is 102 Å². The average molecular weight is 236 g/mol. The zero-order valence-corrected chi connectivity index (χ0v) is 10.8. The molecule has 17 heavy (non-hydrogen) atoms. The van der Waals surface area contributed by atoms with Crippen LogP contribution in [-0.2, 0) is 6.54 Å². The highest BCUT2D eigenvalue weighted by molar-refractivity contribution is 5.95. The summed E-state index contributed by atoms with van der Waals surface area (Å²) in [6.45, 7) is 3.35. The summed E-state index contributed by atoms with van der Waals surface area (Å²) in [5.41, 5.74) is 0.137. The number of nitrogens with zero attached hydrogens (tertiary/aromatic N) is 2. The third-order valence-electron chi connectivity index (χ3n) is 2.65. The Morgan fingerprint density at radius 3 is 2.71 bits per heavy atom. The molecule has 0 amide bonds. The lowest BCUT2D eigenvalue weighted by atomic mass is 10.1. The van der Waals surface area contributed by atoms with E-state index in [9.17, 15) is 9.59 Å². The molecule has 0 spiro atoms. The van der Waals surface area contributed by atoms with E-state index in [1.807, 2.05) is 14.1 Å². The molecule has 0 aliphatic rings. The molecule has 1 heterocycles. The number of pyridine rings is 1. The second kappa shape index (κ2) is 6.35. The zero-order valence-electron chi connectivity index (χ0n) is 10.8. The van der Waals surface area contributed by atoms with Crippen molar-refractivity contribution in [3.05, 3.63) is 34.2 Å². The van der Waals surface area contributed by atoms with Crippen molar-refractivity contribution < 1.29 is 4.79 Å². The summed E-state index contributed by atoms with van der Waals surface area (Å²) in [5.74, 6) is -0.0861. The van der Waals surface area contributed by atoms with Gasteiger partial charge in [0.05, 0.1) is 5.56 Å². The molecule has 0 saturated carbocycles. The number of ketones is 1. The van der Waals surface area contributed by atoms with E-state index in [-0.39, 0.29) is 11.3 Å². The van der Waals surface area contributed by atoms with E-state index in [0.29, 0.717) is 18.5 Å². The maximum atomic E-state index is 12.0. The molecule has 0 aliphatic heterocycles. The molecule has 0 unspecified atom stereocenters. The molecule has 0 radical (unpaired) electrons. The number of carbonyl (C=O) groups excluding carboxylic acids is 1. The first kappa shape index (κ1) is 13.6. The van der Waals surface area contributed by atoms with E-state index in [1.165, 1.54) is 0 Å². The third kappa shape index (κ3) is 3.82. The SMILES string of the molecule is CCC(=O)c1cccn(CCCN(C)C)c1=O. The summed E-state index contributed by atoms with van der Waals surface area (Å²) in [5, 5.41) is 0. The first-order valence-electron chi connectivity index (χ1n) is 5.93. The minimum Gasteiger partial charge on any atom is -0.315 e. The van der Waals surface area contributed by atoms with Crippen molar-refractivity contribution in [2.24, 2.45) is 0 Å². The Kier molecular flexibility index (Phi) is 5.10. The Hall–Kier alpha value is -1.42. The highest BCUT2D eigenvalue weighted by atomic mass is 16.1. The quantitative estimate of drug-likeness (QED) is 0.701. The maximum Gasteiger partial charge on any atom is 0.261 e. The predicted molar refractivity (Wildman–Crippen MR) is 68.5 cm³/mol. The van der Waals surface area contributed by atoms with Gasteiger partial charge >= 0.3 is 0 Å². The standard InChI is InChI=1S/C13H20N2O2/c1-4-12(16)11-7-5-9-15(13(11)17)10-6-8-14(2)3/h5,7,9H,4,6,8,10H2,1-3H3. The van der Waals surface area contributed by atoms with E-state index >= 15 is 0 Å². The largest absolute Gasteiger partial charge is 0.315 e. The molecule has 1 aromatic rings. The molecule has 0 aromatic carbocycles. The van der Waals surface area contributed by atoms with Crippen molar-refractivity contribution in [1.82, 2.24) is 9.47 Å². The van der Waals surface area contributed by atoms with Crippen LogP contribution in [0.3, 0.4) is 0 Å². The molecule has 0 saturated heterocycles. The van der Waals surface area contributed by atoms with Gasteiger partial charge in [-0.05, 0) is 39.2 Å². The van der Waals surface area contributed by atoms with Gasteiger partial charge in [0.2, 0.25) is 0 Å². The van der Waals surface area contributed by atoms with E-state index in [0.717, 1.165) is 13.0 Å². The van der Waals surface area contributed by atoms with Crippen LogP contribution in [0.5, 0.6) is 0 Å². The maximum absolute atomic E-state index is 12.0. The summed E-state index contributed by atoms with van der Waals surface area (Å²) < 4.78 is 1.62. The highest BCUT2D eigenvalue weighted by Gasteiger charge is 2.09. The summed E-state index contributed by atoms with van der Waals surface area (Å²) in [6.07, 6.45) is 3.01. The van der Waals surface area contributed by atoms with E-state index in [4.69, 9.17) is 0 Å². The van der Waals surface area contributed by atoms with Crippen molar-refractivity contribution in [1.29, 1.82) is 0 Å². The molecule has 1 aromatic heterocycles. The van der Waals surface area contributed by atoms with Crippen molar-refractivity contribution >= 4 is 5.78 Å². The first-order valence-corrected chi connectivity index (χ1v) is 5.93. The molecule has 0 fully saturated rings. The number of hydrogen-bond donors (Lipinski definition) is 0. The zero-order chi connectivity index (χ0) is 12.8. The Bertz CT molecular complexity index is 435. The molecule has 0 N–H and O–H groups in total. The molecule has 0 aliphatic carbocycles. The lowest BCUT2D eigenvalue weighted by Crippen LogP contribution is -2.26. The van der Waals surface area contributed by atoms with Gasteiger partial charge in [-0.2, -0.15) is 0 Å². The fourth-order valence-corrected chi connectivity index (χ4v) is 1.67. The van der Waals surface area contributed by atoms with Crippen molar-refractivity contribution in [3.8, 4) is 0 Å². The average Bonchev–Trinajstić information content (AvgIpc) is 2.30. The second-order valence-electron chi connectivity index (χ2n) is 4.35. The van der Waals surface area contributed by atoms with Gasteiger partial charge < -0.3 is 9.47 Å². The van der Waals surface area contributed by atoms with Gasteiger partial charge in [-0.15, -0.1) is 0 Å². The van der Waals surface area contributed by atoms with Crippen LogP contribution >= 0.6 is 0 Å². The molecule has 4 heteroatoms. The van der Waals surface area contributed by atoms with Gasteiger partial charge in [-0.25, -0.2) is 0 Å². The smallest absolute Gasteiger partial charge is 0.261 e. The molecular formula is C13H20N2O2. The van der Waals surface area contributed by atoms with Crippen LogP contribution < -0.4 is 5.56 Å². The summed E-state index contributed by atoms with van der Waals surface area (Å²) >= 11 is 0. The van der Waals surface area contributed by atoms with Crippen LogP contribution in [0.1, 0.15) is 30.1 Å². The Morgan fingerprint density at radius 1 is 1.41 bits per heavy atom. The monoisotopic (exact) mass is 236 g/mol. The Balaban J connectivity index is 2.80. The van der Waals surface area contributed by atoms with Gasteiger partial charge in [0.1, 0.15) is 0 Å². The lowest BCUT2D eigenvalue weighted by Gasteiger charge is -2.11. The number of aromatic nitrogens is 1. The highest BCUT2D eigenvalue weighted by Crippen LogP contribution is 1.98. The minimum absolute atomic E-state index is 0.0861. The van der Waals surface area contributed by atoms with Crippen LogP contribution in [0.4, 0.5) is 0 Å². The summed E-state index contributed by atoms with van der Waals surface area (Å²) in [6, 6.07) is 3.37. The van der Waals surface area contributed by atoms with Crippen LogP contribution in [0.2, 0.25) is 0 Å². The van der Waals surface area contributed by atoms with Crippen LogP contribution in [0, 0.1) is 0 Å². The van der Waals surface area contributed by atoms with Crippen LogP contribution in [0.25, 0.3) is 0 Å². The summed E-state index contributed by atoms with van der Waals surface area (Å²) in [4.78, 5) is 25.6. The van der Waals surface area contributed by atoms with Crippen molar-refractivity contribution in [2.45, 2.75) is 26.3 Å².